The van der Waals surface area contributed by atoms with E-state index in [2.05, 4.69) is 22.4 Å². The van der Waals surface area contributed by atoms with E-state index in [0.717, 1.165) is 13.1 Å². The molecule has 0 saturated carbocycles. The highest BCUT2D eigenvalue weighted by atomic mass is 16.5. The molecule has 0 atom stereocenters. The van der Waals surface area contributed by atoms with E-state index in [1.165, 1.54) is 0 Å². The minimum atomic E-state index is -0.538. The first kappa shape index (κ1) is 12.5. The van der Waals surface area contributed by atoms with Crippen LogP contribution in [0, 0.1) is 0 Å². The second-order valence-corrected chi connectivity index (χ2v) is 5.07. The predicted molar refractivity (Wildman–Crippen MR) is 60.4 cm³/mol. The first-order valence-corrected chi connectivity index (χ1v) is 5.68. The maximum Gasteiger partial charge on any atom is 0.252 e. The van der Waals surface area contributed by atoms with E-state index in [9.17, 15) is 0 Å². The van der Waals surface area contributed by atoms with Gasteiger partial charge in [-0.05, 0) is 20.8 Å². The van der Waals surface area contributed by atoms with Gasteiger partial charge in [-0.15, -0.1) is 0 Å². The fourth-order valence-electron chi connectivity index (χ4n) is 1.46. The summed E-state index contributed by atoms with van der Waals surface area (Å²) in [4.78, 5) is 4.27. The van der Waals surface area contributed by atoms with Gasteiger partial charge >= 0.3 is 0 Å². The smallest absolute Gasteiger partial charge is 0.252 e. The molecule has 0 radical (unpaired) electrons. The van der Waals surface area contributed by atoms with Gasteiger partial charge in [-0.25, -0.2) is 0 Å². The fraction of sp³-hybridized carbons (Fsp3) is 0.818. The van der Waals surface area contributed by atoms with Crippen LogP contribution < -0.4 is 5.32 Å². The highest BCUT2D eigenvalue weighted by molar-refractivity contribution is 4.97. The van der Waals surface area contributed by atoms with Crippen LogP contribution in [0.4, 0.5) is 0 Å². The Morgan fingerprint density at radius 3 is 2.71 bits per heavy atom. The summed E-state index contributed by atoms with van der Waals surface area (Å²) in [6.07, 6.45) is 0. The third-order valence-corrected chi connectivity index (χ3v) is 3.06. The summed E-state index contributed by atoms with van der Waals surface area (Å²) < 4.78 is 16.1. The third kappa shape index (κ3) is 2.65. The van der Waals surface area contributed by atoms with Gasteiger partial charge in [0.1, 0.15) is 12.2 Å². The van der Waals surface area contributed by atoms with Gasteiger partial charge in [-0.3, -0.25) is 0 Å². The highest BCUT2D eigenvalue weighted by Gasteiger charge is 2.33. The summed E-state index contributed by atoms with van der Waals surface area (Å²) in [5, 5.41) is 7.06. The van der Waals surface area contributed by atoms with Crippen molar-refractivity contribution < 1.29 is 14.0 Å². The fourth-order valence-corrected chi connectivity index (χ4v) is 1.46. The number of methoxy groups -OCH3 is 1. The van der Waals surface area contributed by atoms with E-state index in [-0.39, 0.29) is 5.60 Å². The van der Waals surface area contributed by atoms with Crippen molar-refractivity contribution in [2.45, 2.75) is 38.6 Å². The van der Waals surface area contributed by atoms with Crippen LogP contribution in [0.25, 0.3) is 0 Å². The first-order valence-electron chi connectivity index (χ1n) is 5.68. The van der Waals surface area contributed by atoms with Crippen molar-refractivity contribution in [1.82, 2.24) is 15.5 Å². The zero-order chi connectivity index (χ0) is 12.5. The largest absolute Gasteiger partial charge is 0.371 e. The molecule has 1 aliphatic rings. The summed E-state index contributed by atoms with van der Waals surface area (Å²) in [7, 11) is 1.62. The maximum atomic E-state index is 5.71. The zero-order valence-corrected chi connectivity index (χ0v) is 10.7. The molecule has 1 N–H and O–H groups in total. The van der Waals surface area contributed by atoms with Gasteiger partial charge in [0, 0.05) is 20.2 Å². The van der Waals surface area contributed by atoms with Gasteiger partial charge in [-0.1, -0.05) is 5.16 Å². The minimum absolute atomic E-state index is 0.106. The SMILES string of the molecule is COC(C)(C)c1noc(COC2(C)CNC2)n1. The lowest BCUT2D eigenvalue weighted by Gasteiger charge is -2.38. The zero-order valence-electron chi connectivity index (χ0n) is 10.7. The Morgan fingerprint density at radius 2 is 2.18 bits per heavy atom. The molecule has 17 heavy (non-hydrogen) atoms. The van der Waals surface area contributed by atoms with Crippen LogP contribution in [0.5, 0.6) is 0 Å². The van der Waals surface area contributed by atoms with Crippen molar-refractivity contribution in [2.24, 2.45) is 0 Å². The van der Waals surface area contributed by atoms with Gasteiger partial charge in [0.05, 0.1) is 5.60 Å². The second-order valence-electron chi connectivity index (χ2n) is 5.07. The van der Waals surface area contributed by atoms with Crippen molar-refractivity contribution in [3.05, 3.63) is 11.7 Å². The standard InChI is InChI=1S/C11H19N3O3/c1-10(2,15-4)9-13-8(17-14-9)5-16-11(3)6-12-7-11/h12H,5-7H2,1-4H3. The molecule has 1 fully saturated rings. The maximum absolute atomic E-state index is 5.71. The number of hydrogen-bond donors (Lipinski definition) is 1. The number of hydrogen-bond acceptors (Lipinski definition) is 6. The molecule has 0 spiro atoms. The molecule has 2 heterocycles. The van der Waals surface area contributed by atoms with Gasteiger partial charge in [0.25, 0.3) is 5.89 Å². The Kier molecular flexibility index (Phi) is 3.20. The number of nitrogens with one attached hydrogen (secondary N) is 1. The summed E-state index contributed by atoms with van der Waals surface area (Å²) in [5.41, 5.74) is -0.644. The van der Waals surface area contributed by atoms with E-state index in [4.69, 9.17) is 14.0 Å². The molecule has 0 amide bonds. The molecular formula is C11H19N3O3. The predicted octanol–water partition coefficient (Wildman–Crippen LogP) is 0.830. The molecule has 0 aliphatic carbocycles. The van der Waals surface area contributed by atoms with E-state index < -0.39 is 5.60 Å². The number of rotatable bonds is 5. The van der Waals surface area contributed by atoms with Crippen molar-refractivity contribution in [1.29, 1.82) is 0 Å². The van der Waals surface area contributed by atoms with Crippen LogP contribution in [0.15, 0.2) is 4.52 Å². The minimum Gasteiger partial charge on any atom is -0.371 e. The number of aromatic nitrogens is 2. The van der Waals surface area contributed by atoms with Crippen LogP contribution in [-0.2, 0) is 21.7 Å². The van der Waals surface area contributed by atoms with Crippen LogP contribution in [0.2, 0.25) is 0 Å². The van der Waals surface area contributed by atoms with E-state index >= 15 is 0 Å². The van der Waals surface area contributed by atoms with Gasteiger partial charge < -0.3 is 19.3 Å². The lowest BCUT2D eigenvalue weighted by atomic mass is 10.0. The summed E-state index contributed by atoms with van der Waals surface area (Å²) in [6, 6.07) is 0. The van der Waals surface area contributed by atoms with Gasteiger partial charge in [-0.2, -0.15) is 4.98 Å². The molecule has 6 heteroatoms. The molecular weight excluding hydrogens is 222 g/mol. The van der Waals surface area contributed by atoms with Crippen LogP contribution in [0.1, 0.15) is 32.5 Å². The summed E-state index contributed by atoms with van der Waals surface area (Å²) in [5.74, 6) is 1.02. The van der Waals surface area contributed by atoms with Crippen LogP contribution >= 0.6 is 0 Å². The Balaban J connectivity index is 1.94. The lowest BCUT2D eigenvalue weighted by molar-refractivity contribution is -0.0841. The molecule has 0 bridgehead atoms. The van der Waals surface area contributed by atoms with Crippen LogP contribution in [0.3, 0.4) is 0 Å². The normalized spacial score (nSPS) is 19.1. The van der Waals surface area contributed by atoms with Crippen molar-refractivity contribution >= 4 is 0 Å². The van der Waals surface area contributed by atoms with Gasteiger partial charge in [0.2, 0.25) is 5.82 Å². The van der Waals surface area contributed by atoms with Crippen molar-refractivity contribution in [3.63, 3.8) is 0 Å². The topological polar surface area (TPSA) is 69.4 Å². The summed E-state index contributed by atoms with van der Waals surface area (Å²) in [6.45, 7) is 7.89. The van der Waals surface area contributed by atoms with E-state index in [1.807, 2.05) is 13.8 Å². The first-order chi connectivity index (χ1) is 7.95. The van der Waals surface area contributed by atoms with Crippen molar-refractivity contribution in [3.8, 4) is 0 Å². The molecule has 1 saturated heterocycles. The number of nitrogens with zero attached hydrogens (tertiary/aromatic N) is 2. The average molecular weight is 241 g/mol. The molecule has 6 nitrogen and oxygen atoms in total. The Labute approximate surface area is 101 Å². The number of ether oxygens (including phenoxy) is 2. The summed E-state index contributed by atoms with van der Waals surface area (Å²) >= 11 is 0. The molecule has 96 valence electrons. The molecule has 1 aromatic heterocycles. The Bertz CT molecular complexity index is 385. The monoisotopic (exact) mass is 241 g/mol. The molecule has 1 aromatic rings. The van der Waals surface area contributed by atoms with E-state index in [1.54, 1.807) is 7.11 Å². The van der Waals surface area contributed by atoms with Gasteiger partial charge in [0.15, 0.2) is 0 Å². The molecule has 0 aromatic carbocycles. The molecule has 0 unspecified atom stereocenters. The average Bonchev–Trinajstić information content (AvgIpc) is 2.73. The molecule has 2 rings (SSSR count). The quantitative estimate of drug-likeness (QED) is 0.823. The second kappa shape index (κ2) is 4.36. The van der Waals surface area contributed by atoms with Crippen molar-refractivity contribution in [2.75, 3.05) is 20.2 Å². The Hall–Kier alpha value is -0.980. The molecule has 1 aliphatic heterocycles. The Morgan fingerprint density at radius 1 is 1.47 bits per heavy atom. The highest BCUT2D eigenvalue weighted by Crippen LogP contribution is 2.22. The van der Waals surface area contributed by atoms with Crippen LogP contribution in [-0.4, -0.2) is 35.9 Å². The lowest BCUT2D eigenvalue weighted by Crippen LogP contribution is -2.58. The van der Waals surface area contributed by atoms with E-state index in [0.29, 0.717) is 18.3 Å². The third-order valence-electron chi connectivity index (χ3n) is 3.06.